The second-order valence-corrected chi connectivity index (χ2v) is 8.23. The van der Waals surface area contributed by atoms with Crippen LogP contribution in [0.15, 0.2) is 53.7 Å². The van der Waals surface area contributed by atoms with Gasteiger partial charge in [-0.15, -0.1) is 0 Å². The van der Waals surface area contributed by atoms with Crippen molar-refractivity contribution in [2.45, 2.75) is 32.7 Å². The lowest BCUT2D eigenvalue weighted by Crippen LogP contribution is -2.31. The summed E-state index contributed by atoms with van der Waals surface area (Å²) < 4.78 is 10.9. The minimum atomic E-state index is -0.279. The zero-order valence-corrected chi connectivity index (χ0v) is 16.8. The number of ketones is 1. The Kier molecular flexibility index (Phi) is 4.53. The van der Waals surface area contributed by atoms with Gasteiger partial charge in [0.05, 0.1) is 31.6 Å². The first-order chi connectivity index (χ1) is 13.4. The quantitative estimate of drug-likeness (QED) is 0.793. The molecule has 4 rings (SSSR count). The number of Topliss-reactive ketones (excluding diaryl/α,β-unsaturated/α-hetero) is 1. The number of hydrogen-bond acceptors (Lipinski definition) is 5. The largest absolute Gasteiger partial charge is 0.497 e. The number of ether oxygens (including phenoxy) is 2. The number of hydrogen-bond donors (Lipinski definition) is 2. The SMILES string of the molecule is COc1cc(OC)cc(C2Nc3ccccc3NC3=C2C(=O)CC(C)(C)C3)c1. The molecule has 5 heteroatoms. The van der Waals surface area contributed by atoms with E-state index in [2.05, 4.69) is 24.5 Å². The van der Waals surface area contributed by atoms with Gasteiger partial charge in [0, 0.05) is 23.8 Å². The number of para-hydroxylation sites is 2. The Morgan fingerprint density at radius 1 is 0.964 bits per heavy atom. The third-order valence-corrected chi connectivity index (χ3v) is 5.43. The van der Waals surface area contributed by atoms with Crippen LogP contribution in [0.3, 0.4) is 0 Å². The van der Waals surface area contributed by atoms with Crippen LogP contribution in [-0.4, -0.2) is 20.0 Å². The van der Waals surface area contributed by atoms with Crippen LogP contribution in [0.2, 0.25) is 0 Å². The highest BCUT2D eigenvalue weighted by atomic mass is 16.5. The molecular formula is C23H26N2O3. The Balaban J connectivity index is 1.90. The number of allylic oxidation sites excluding steroid dienone is 1. The van der Waals surface area contributed by atoms with Gasteiger partial charge in [-0.25, -0.2) is 0 Å². The van der Waals surface area contributed by atoms with Crippen molar-refractivity contribution in [3.8, 4) is 11.5 Å². The molecule has 0 saturated carbocycles. The van der Waals surface area contributed by atoms with Crippen LogP contribution in [0, 0.1) is 5.41 Å². The molecule has 1 aliphatic heterocycles. The maximum absolute atomic E-state index is 13.2. The number of nitrogens with one attached hydrogen (secondary N) is 2. The van der Waals surface area contributed by atoms with E-state index in [0.717, 1.165) is 34.6 Å². The van der Waals surface area contributed by atoms with Crippen LogP contribution >= 0.6 is 0 Å². The Morgan fingerprint density at radius 2 is 1.61 bits per heavy atom. The van der Waals surface area contributed by atoms with Crippen molar-refractivity contribution in [3.05, 3.63) is 59.3 Å². The van der Waals surface area contributed by atoms with Crippen molar-refractivity contribution >= 4 is 17.2 Å². The van der Waals surface area contributed by atoms with E-state index in [9.17, 15) is 4.79 Å². The van der Waals surface area contributed by atoms with Crippen molar-refractivity contribution in [2.75, 3.05) is 24.9 Å². The van der Waals surface area contributed by atoms with Crippen LogP contribution in [0.5, 0.6) is 11.5 Å². The van der Waals surface area contributed by atoms with E-state index in [1.54, 1.807) is 14.2 Å². The molecule has 1 aliphatic carbocycles. The average Bonchev–Trinajstić information content (AvgIpc) is 2.83. The molecule has 0 saturated heterocycles. The summed E-state index contributed by atoms with van der Waals surface area (Å²) in [7, 11) is 3.27. The fraction of sp³-hybridized carbons (Fsp3) is 0.348. The van der Waals surface area contributed by atoms with Gasteiger partial charge >= 0.3 is 0 Å². The molecule has 2 aromatic carbocycles. The van der Waals surface area contributed by atoms with Gasteiger partial charge in [0.2, 0.25) is 0 Å². The van der Waals surface area contributed by atoms with Crippen molar-refractivity contribution in [2.24, 2.45) is 5.41 Å². The molecule has 2 N–H and O–H groups in total. The Bertz CT molecular complexity index is 940. The van der Waals surface area contributed by atoms with E-state index < -0.39 is 0 Å². The van der Waals surface area contributed by atoms with Crippen molar-refractivity contribution in [3.63, 3.8) is 0 Å². The fourth-order valence-electron chi connectivity index (χ4n) is 4.14. The fourth-order valence-corrected chi connectivity index (χ4v) is 4.14. The van der Waals surface area contributed by atoms with Crippen LogP contribution in [0.25, 0.3) is 0 Å². The lowest BCUT2D eigenvalue weighted by molar-refractivity contribution is -0.118. The molecule has 2 aliphatic rings. The second kappa shape index (κ2) is 6.89. The molecule has 28 heavy (non-hydrogen) atoms. The van der Waals surface area contributed by atoms with Gasteiger partial charge in [-0.3, -0.25) is 4.79 Å². The molecule has 1 atom stereocenters. The Morgan fingerprint density at radius 3 is 2.25 bits per heavy atom. The zero-order valence-electron chi connectivity index (χ0n) is 16.8. The maximum atomic E-state index is 13.2. The number of anilines is 2. The van der Waals surface area contributed by atoms with Gasteiger partial charge in [0.1, 0.15) is 11.5 Å². The summed E-state index contributed by atoms with van der Waals surface area (Å²) in [5.74, 6) is 1.57. The lowest BCUT2D eigenvalue weighted by Gasteiger charge is -2.34. The van der Waals surface area contributed by atoms with Gasteiger partial charge in [-0.1, -0.05) is 26.0 Å². The van der Waals surface area contributed by atoms with Crippen LogP contribution in [-0.2, 0) is 4.79 Å². The predicted molar refractivity (Wildman–Crippen MR) is 111 cm³/mol. The molecule has 0 amide bonds. The van der Waals surface area contributed by atoms with Crippen molar-refractivity contribution in [1.82, 2.24) is 0 Å². The molecule has 2 aromatic rings. The highest BCUT2D eigenvalue weighted by molar-refractivity contribution is 6.01. The topological polar surface area (TPSA) is 59.6 Å². The number of fused-ring (bicyclic) bond motifs is 1. The maximum Gasteiger partial charge on any atom is 0.163 e. The minimum absolute atomic E-state index is 0.0706. The summed E-state index contributed by atoms with van der Waals surface area (Å²) in [4.78, 5) is 13.2. The average molecular weight is 378 g/mol. The number of rotatable bonds is 3. The van der Waals surface area contributed by atoms with E-state index in [1.807, 2.05) is 42.5 Å². The van der Waals surface area contributed by atoms with E-state index in [-0.39, 0.29) is 17.2 Å². The first kappa shape index (κ1) is 18.4. The first-order valence-corrected chi connectivity index (χ1v) is 9.52. The predicted octanol–water partition coefficient (Wildman–Crippen LogP) is 4.93. The molecule has 0 radical (unpaired) electrons. The van der Waals surface area contributed by atoms with Gasteiger partial charge in [0.15, 0.2) is 5.78 Å². The number of carbonyl (C=O) groups excluding carboxylic acids is 1. The first-order valence-electron chi connectivity index (χ1n) is 9.52. The molecule has 1 unspecified atom stereocenters. The van der Waals surface area contributed by atoms with Gasteiger partial charge in [0.25, 0.3) is 0 Å². The van der Waals surface area contributed by atoms with Gasteiger partial charge in [-0.2, -0.15) is 0 Å². The molecule has 0 aromatic heterocycles. The number of carbonyl (C=O) groups is 1. The molecule has 146 valence electrons. The monoisotopic (exact) mass is 378 g/mol. The summed E-state index contributed by atoms with van der Waals surface area (Å²) in [6, 6.07) is 13.5. The number of benzene rings is 2. The third-order valence-electron chi connectivity index (χ3n) is 5.43. The van der Waals surface area contributed by atoms with Crippen molar-refractivity contribution in [1.29, 1.82) is 0 Å². The molecule has 0 bridgehead atoms. The third kappa shape index (κ3) is 3.33. The minimum Gasteiger partial charge on any atom is -0.497 e. The summed E-state index contributed by atoms with van der Waals surface area (Å²) in [5.41, 5.74) is 4.61. The number of methoxy groups -OCH3 is 2. The van der Waals surface area contributed by atoms with E-state index in [0.29, 0.717) is 17.9 Å². The Hall–Kier alpha value is -2.95. The summed E-state index contributed by atoms with van der Waals surface area (Å²) in [6.07, 6.45) is 1.35. The van der Waals surface area contributed by atoms with Crippen LogP contribution in [0.4, 0.5) is 11.4 Å². The lowest BCUT2D eigenvalue weighted by atomic mass is 9.73. The van der Waals surface area contributed by atoms with Gasteiger partial charge in [-0.05, 0) is 41.7 Å². The Labute approximate surface area is 165 Å². The smallest absolute Gasteiger partial charge is 0.163 e. The van der Waals surface area contributed by atoms with E-state index >= 15 is 0 Å². The molecule has 1 heterocycles. The summed E-state index contributed by atoms with van der Waals surface area (Å²) in [5, 5.41) is 7.12. The molecular weight excluding hydrogens is 352 g/mol. The standard InChI is InChI=1S/C23H26N2O3/c1-23(2)12-19-21(20(26)13-23)22(25-18-8-6-5-7-17(18)24-19)14-9-15(27-3)11-16(10-14)28-4/h5-11,22,24-25H,12-13H2,1-4H3. The second-order valence-electron chi connectivity index (χ2n) is 8.23. The summed E-state index contributed by atoms with van der Waals surface area (Å²) >= 11 is 0. The van der Waals surface area contributed by atoms with Crippen LogP contribution < -0.4 is 20.1 Å². The highest BCUT2D eigenvalue weighted by Crippen LogP contribution is 2.46. The summed E-state index contributed by atoms with van der Waals surface area (Å²) in [6.45, 7) is 4.29. The highest BCUT2D eigenvalue weighted by Gasteiger charge is 2.38. The van der Waals surface area contributed by atoms with E-state index in [1.165, 1.54) is 0 Å². The van der Waals surface area contributed by atoms with E-state index in [4.69, 9.17) is 9.47 Å². The normalized spacial score (nSPS) is 20.3. The van der Waals surface area contributed by atoms with Crippen LogP contribution in [0.1, 0.15) is 38.3 Å². The molecule has 0 fully saturated rings. The van der Waals surface area contributed by atoms with Gasteiger partial charge < -0.3 is 20.1 Å². The zero-order chi connectivity index (χ0) is 19.9. The molecule has 0 spiro atoms. The molecule has 5 nitrogen and oxygen atoms in total. The van der Waals surface area contributed by atoms with Crippen molar-refractivity contribution < 1.29 is 14.3 Å².